The normalized spacial score (nSPS) is 10.4. The number of methoxy groups -OCH3 is 3. The van der Waals surface area contributed by atoms with Gasteiger partial charge in [-0.2, -0.15) is 4.98 Å². The average molecular weight is 384 g/mol. The number of esters is 1. The van der Waals surface area contributed by atoms with Gasteiger partial charge >= 0.3 is 5.97 Å². The fourth-order valence-corrected chi connectivity index (χ4v) is 2.56. The summed E-state index contributed by atoms with van der Waals surface area (Å²) in [6.07, 6.45) is 0. The van der Waals surface area contributed by atoms with Gasteiger partial charge < -0.3 is 23.5 Å². The number of nitrogens with zero attached hydrogens (tertiary/aromatic N) is 2. The third-order valence-corrected chi connectivity index (χ3v) is 4.08. The van der Waals surface area contributed by atoms with E-state index in [-0.39, 0.29) is 12.5 Å². The number of hydrogen-bond donors (Lipinski definition) is 0. The summed E-state index contributed by atoms with van der Waals surface area (Å²) in [5, 5.41) is 3.91. The number of aromatic nitrogens is 2. The molecule has 3 rings (SSSR count). The maximum Gasteiger partial charge on any atom is 0.338 e. The SMILES string of the molecule is COc1cc(C(=O)OCc2nc(-c3ccc(OC)c(OC)c3)no2)ccc1C. The van der Waals surface area contributed by atoms with Crippen molar-refractivity contribution >= 4 is 5.97 Å². The number of aryl methyl sites for hydroxylation is 1. The minimum atomic E-state index is -0.510. The number of benzene rings is 2. The van der Waals surface area contributed by atoms with Crippen molar-refractivity contribution in [1.29, 1.82) is 0 Å². The van der Waals surface area contributed by atoms with Gasteiger partial charge in [-0.3, -0.25) is 0 Å². The second-order valence-corrected chi connectivity index (χ2v) is 5.84. The molecule has 0 unspecified atom stereocenters. The fourth-order valence-electron chi connectivity index (χ4n) is 2.56. The average Bonchev–Trinajstić information content (AvgIpc) is 3.20. The van der Waals surface area contributed by atoms with E-state index in [0.717, 1.165) is 5.56 Å². The van der Waals surface area contributed by atoms with Crippen molar-refractivity contribution in [3.05, 3.63) is 53.4 Å². The first-order chi connectivity index (χ1) is 13.5. The molecule has 0 radical (unpaired) electrons. The number of ether oxygens (including phenoxy) is 4. The summed E-state index contributed by atoms with van der Waals surface area (Å²) < 4.78 is 26.1. The molecule has 0 N–H and O–H groups in total. The van der Waals surface area contributed by atoms with Gasteiger partial charge in [0.1, 0.15) is 5.75 Å². The minimum Gasteiger partial charge on any atom is -0.496 e. The Balaban J connectivity index is 1.69. The highest BCUT2D eigenvalue weighted by atomic mass is 16.6. The predicted octanol–water partition coefficient (Wildman–Crippen LogP) is 3.43. The van der Waals surface area contributed by atoms with Gasteiger partial charge in [0, 0.05) is 5.56 Å². The van der Waals surface area contributed by atoms with Crippen LogP contribution in [0.2, 0.25) is 0 Å². The van der Waals surface area contributed by atoms with Crippen molar-refractivity contribution in [2.75, 3.05) is 21.3 Å². The zero-order chi connectivity index (χ0) is 20.1. The first-order valence-corrected chi connectivity index (χ1v) is 8.42. The molecule has 0 amide bonds. The number of rotatable bonds is 7. The van der Waals surface area contributed by atoms with Crippen molar-refractivity contribution in [1.82, 2.24) is 10.1 Å². The Kier molecular flexibility index (Phi) is 5.78. The molecular formula is C20H20N2O6. The number of carbonyl (C=O) groups excluding carboxylic acids is 1. The molecule has 0 saturated heterocycles. The summed E-state index contributed by atoms with van der Waals surface area (Å²) in [5.74, 6) is 1.77. The van der Waals surface area contributed by atoms with Gasteiger partial charge in [-0.25, -0.2) is 4.79 Å². The van der Waals surface area contributed by atoms with E-state index < -0.39 is 5.97 Å². The van der Waals surface area contributed by atoms with Crippen molar-refractivity contribution in [3.8, 4) is 28.6 Å². The van der Waals surface area contributed by atoms with Crippen LogP contribution in [0, 0.1) is 6.92 Å². The molecule has 3 aromatic rings. The highest BCUT2D eigenvalue weighted by Crippen LogP contribution is 2.31. The zero-order valence-electron chi connectivity index (χ0n) is 16.0. The number of carbonyl (C=O) groups is 1. The number of hydrogen-bond acceptors (Lipinski definition) is 8. The highest BCUT2D eigenvalue weighted by molar-refractivity contribution is 5.90. The molecule has 0 aliphatic heterocycles. The van der Waals surface area contributed by atoms with Crippen LogP contribution in [0.15, 0.2) is 40.9 Å². The lowest BCUT2D eigenvalue weighted by Gasteiger charge is -2.07. The lowest BCUT2D eigenvalue weighted by molar-refractivity contribution is 0.0429. The maximum absolute atomic E-state index is 12.2. The van der Waals surface area contributed by atoms with Gasteiger partial charge in [-0.1, -0.05) is 11.2 Å². The minimum absolute atomic E-state index is 0.144. The van der Waals surface area contributed by atoms with Crippen molar-refractivity contribution in [3.63, 3.8) is 0 Å². The molecule has 8 heteroatoms. The van der Waals surface area contributed by atoms with Crippen LogP contribution < -0.4 is 14.2 Å². The van der Waals surface area contributed by atoms with Gasteiger partial charge in [-0.15, -0.1) is 0 Å². The molecule has 1 aromatic heterocycles. The Morgan fingerprint density at radius 3 is 2.43 bits per heavy atom. The Morgan fingerprint density at radius 1 is 0.964 bits per heavy atom. The molecule has 0 spiro atoms. The van der Waals surface area contributed by atoms with E-state index in [2.05, 4.69) is 10.1 Å². The third kappa shape index (κ3) is 4.06. The topological polar surface area (TPSA) is 92.9 Å². The molecule has 0 fully saturated rings. The summed E-state index contributed by atoms with van der Waals surface area (Å²) in [4.78, 5) is 16.5. The first kappa shape index (κ1) is 19.2. The molecular weight excluding hydrogens is 364 g/mol. The molecule has 146 valence electrons. The third-order valence-electron chi connectivity index (χ3n) is 4.08. The highest BCUT2D eigenvalue weighted by Gasteiger charge is 2.15. The molecule has 2 aromatic carbocycles. The quantitative estimate of drug-likeness (QED) is 0.572. The molecule has 0 atom stereocenters. The van der Waals surface area contributed by atoms with Crippen LogP contribution in [0.4, 0.5) is 0 Å². The monoisotopic (exact) mass is 384 g/mol. The standard InChI is InChI=1S/C20H20N2O6/c1-12-5-6-14(10-16(12)25-3)20(23)27-11-18-21-19(22-28-18)13-7-8-15(24-2)17(9-13)26-4/h5-10H,11H2,1-4H3. The fraction of sp³-hybridized carbons (Fsp3) is 0.250. The van der Waals surface area contributed by atoms with Crippen LogP contribution in [0.5, 0.6) is 17.2 Å². The van der Waals surface area contributed by atoms with Gasteiger partial charge in [0.25, 0.3) is 5.89 Å². The summed E-state index contributed by atoms with van der Waals surface area (Å²) in [7, 11) is 4.65. The van der Waals surface area contributed by atoms with E-state index in [0.29, 0.717) is 34.2 Å². The zero-order valence-corrected chi connectivity index (χ0v) is 16.0. The van der Waals surface area contributed by atoms with Crippen LogP contribution in [-0.2, 0) is 11.3 Å². The van der Waals surface area contributed by atoms with Crippen molar-refractivity contribution in [2.24, 2.45) is 0 Å². The van der Waals surface area contributed by atoms with Crippen LogP contribution in [0.3, 0.4) is 0 Å². The van der Waals surface area contributed by atoms with Crippen LogP contribution >= 0.6 is 0 Å². The molecule has 8 nitrogen and oxygen atoms in total. The van der Waals surface area contributed by atoms with E-state index >= 15 is 0 Å². The van der Waals surface area contributed by atoms with Crippen molar-refractivity contribution in [2.45, 2.75) is 13.5 Å². The van der Waals surface area contributed by atoms with E-state index in [4.69, 9.17) is 23.5 Å². The largest absolute Gasteiger partial charge is 0.496 e. The van der Waals surface area contributed by atoms with E-state index in [1.54, 1.807) is 57.7 Å². The van der Waals surface area contributed by atoms with Gasteiger partial charge in [-0.05, 0) is 42.8 Å². The molecule has 0 aliphatic carbocycles. The molecule has 28 heavy (non-hydrogen) atoms. The summed E-state index contributed by atoms with van der Waals surface area (Å²) in [5.41, 5.74) is 1.99. The second kappa shape index (κ2) is 8.43. The molecule has 0 bridgehead atoms. The summed E-state index contributed by atoms with van der Waals surface area (Å²) >= 11 is 0. The second-order valence-electron chi connectivity index (χ2n) is 5.84. The van der Waals surface area contributed by atoms with E-state index in [9.17, 15) is 4.79 Å². The predicted molar refractivity (Wildman–Crippen MR) is 99.7 cm³/mol. The van der Waals surface area contributed by atoms with Crippen molar-refractivity contribution < 1.29 is 28.3 Å². The molecule has 1 heterocycles. The Morgan fingerprint density at radius 2 is 1.71 bits per heavy atom. The van der Waals surface area contributed by atoms with Gasteiger partial charge in [0.05, 0.1) is 26.9 Å². The van der Waals surface area contributed by atoms with E-state index in [1.807, 2.05) is 6.92 Å². The van der Waals surface area contributed by atoms with E-state index in [1.165, 1.54) is 0 Å². The maximum atomic E-state index is 12.2. The van der Waals surface area contributed by atoms with Crippen LogP contribution in [0.1, 0.15) is 21.8 Å². The van der Waals surface area contributed by atoms with Gasteiger partial charge in [0.2, 0.25) is 5.82 Å². The molecule has 0 aliphatic rings. The molecule has 0 saturated carbocycles. The summed E-state index contributed by atoms with van der Waals surface area (Å²) in [6.45, 7) is 1.75. The lowest BCUT2D eigenvalue weighted by atomic mass is 10.1. The lowest BCUT2D eigenvalue weighted by Crippen LogP contribution is -2.06. The Hall–Kier alpha value is -3.55. The van der Waals surface area contributed by atoms with Crippen LogP contribution in [0.25, 0.3) is 11.4 Å². The van der Waals surface area contributed by atoms with Crippen LogP contribution in [-0.4, -0.2) is 37.4 Å². The Labute approximate surface area is 162 Å². The summed E-state index contributed by atoms with van der Waals surface area (Å²) in [6, 6.07) is 10.3. The first-order valence-electron chi connectivity index (χ1n) is 8.42. The Bertz CT molecular complexity index is 983. The smallest absolute Gasteiger partial charge is 0.338 e. The van der Waals surface area contributed by atoms with Gasteiger partial charge in [0.15, 0.2) is 18.1 Å².